The van der Waals surface area contributed by atoms with Crippen molar-refractivity contribution in [2.75, 3.05) is 26.7 Å². The van der Waals surface area contributed by atoms with Gasteiger partial charge in [0.2, 0.25) is 5.91 Å². The maximum atomic E-state index is 11.4. The van der Waals surface area contributed by atoms with Crippen LogP contribution in [-0.4, -0.2) is 37.5 Å². The van der Waals surface area contributed by atoms with Gasteiger partial charge in [0.25, 0.3) is 0 Å². The number of nitrogens with zero attached hydrogens (tertiary/aromatic N) is 1. The van der Waals surface area contributed by atoms with Gasteiger partial charge in [0.05, 0.1) is 6.54 Å². The highest BCUT2D eigenvalue weighted by Gasteiger charge is 2.15. The van der Waals surface area contributed by atoms with Crippen molar-refractivity contribution in [1.29, 1.82) is 0 Å². The van der Waals surface area contributed by atoms with Gasteiger partial charge < -0.3 is 10.6 Å². The lowest BCUT2D eigenvalue weighted by Crippen LogP contribution is -2.33. The highest BCUT2D eigenvalue weighted by atomic mass is 16.1. The van der Waals surface area contributed by atoms with E-state index < -0.39 is 0 Å². The highest BCUT2D eigenvalue weighted by molar-refractivity contribution is 5.77. The normalized spacial score (nSPS) is 19.4. The Labute approximate surface area is 127 Å². The number of piperidine rings is 1. The molecule has 1 amide bonds. The first-order valence-corrected chi connectivity index (χ1v) is 7.89. The van der Waals surface area contributed by atoms with Crippen LogP contribution < -0.4 is 10.6 Å². The fourth-order valence-electron chi connectivity index (χ4n) is 2.87. The van der Waals surface area contributed by atoms with Gasteiger partial charge in [-0.1, -0.05) is 31.2 Å². The summed E-state index contributed by atoms with van der Waals surface area (Å²) in [7, 11) is 1.77. The van der Waals surface area contributed by atoms with Crippen LogP contribution in [0.1, 0.15) is 30.9 Å². The van der Waals surface area contributed by atoms with E-state index in [9.17, 15) is 4.79 Å². The number of likely N-dealkylation sites (N-methyl/N-ethyl adjacent to an activating group) is 1. The zero-order valence-corrected chi connectivity index (χ0v) is 13.2. The second-order valence-corrected chi connectivity index (χ2v) is 6.11. The molecule has 1 saturated heterocycles. The summed E-state index contributed by atoms with van der Waals surface area (Å²) in [5, 5.41) is 5.74. The number of carbonyl (C=O) groups excluding carboxylic acids is 1. The lowest BCUT2D eigenvalue weighted by atomic mass is 9.99. The Hall–Kier alpha value is -1.39. The minimum absolute atomic E-state index is 0.0314. The molecule has 21 heavy (non-hydrogen) atoms. The maximum Gasteiger partial charge on any atom is 0.234 e. The van der Waals surface area contributed by atoms with Crippen LogP contribution in [0.5, 0.6) is 0 Å². The number of benzene rings is 1. The molecule has 1 aliphatic rings. The summed E-state index contributed by atoms with van der Waals surface area (Å²) in [6.07, 6.45) is 2.68. The molecule has 2 rings (SSSR count). The van der Waals surface area contributed by atoms with Crippen LogP contribution in [0.3, 0.4) is 0 Å². The molecule has 4 nitrogen and oxygen atoms in total. The van der Waals surface area contributed by atoms with E-state index in [1.807, 2.05) is 0 Å². The molecule has 2 N–H and O–H groups in total. The first-order chi connectivity index (χ1) is 10.2. The topological polar surface area (TPSA) is 44.4 Å². The Kier molecular flexibility index (Phi) is 6.21. The first kappa shape index (κ1) is 16.0. The summed E-state index contributed by atoms with van der Waals surface area (Å²) in [4.78, 5) is 13.9. The van der Waals surface area contributed by atoms with Crippen molar-refractivity contribution >= 4 is 5.91 Å². The predicted molar refractivity (Wildman–Crippen MR) is 85.9 cm³/mol. The molecule has 0 saturated carbocycles. The van der Waals surface area contributed by atoms with Gasteiger partial charge >= 0.3 is 0 Å². The van der Waals surface area contributed by atoms with E-state index in [-0.39, 0.29) is 5.91 Å². The Morgan fingerprint density at radius 2 is 2.00 bits per heavy atom. The number of amides is 1. The van der Waals surface area contributed by atoms with Crippen molar-refractivity contribution in [1.82, 2.24) is 15.5 Å². The zero-order chi connectivity index (χ0) is 15.1. The quantitative estimate of drug-likeness (QED) is 0.838. The third-order valence-electron chi connectivity index (χ3n) is 4.00. The van der Waals surface area contributed by atoms with Crippen molar-refractivity contribution in [2.24, 2.45) is 5.92 Å². The SMILES string of the molecule is CNCC(=O)NCc1ccc(CN2CCCC(C)C2)cc1. The number of hydrogen-bond donors (Lipinski definition) is 2. The van der Waals surface area contributed by atoms with Gasteiger partial charge in [0, 0.05) is 19.6 Å². The van der Waals surface area contributed by atoms with Gasteiger partial charge in [-0.05, 0) is 43.5 Å². The Balaban J connectivity index is 1.80. The zero-order valence-electron chi connectivity index (χ0n) is 13.2. The Morgan fingerprint density at radius 1 is 1.29 bits per heavy atom. The summed E-state index contributed by atoms with van der Waals surface area (Å²) in [5.41, 5.74) is 2.50. The lowest BCUT2D eigenvalue weighted by Gasteiger charge is -2.30. The van der Waals surface area contributed by atoms with Crippen molar-refractivity contribution < 1.29 is 4.79 Å². The summed E-state index contributed by atoms with van der Waals surface area (Å²) in [6, 6.07) is 8.59. The summed E-state index contributed by atoms with van der Waals surface area (Å²) in [5.74, 6) is 0.851. The lowest BCUT2D eigenvalue weighted by molar-refractivity contribution is -0.120. The third-order valence-corrected chi connectivity index (χ3v) is 4.00. The van der Waals surface area contributed by atoms with Gasteiger partial charge in [-0.25, -0.2) is 0 Å². The molecule has 1 heterocycles. The molecule has 1 fully saturated rings. The van der Waals surface area contributed by atoms with E-state index in [4.69, 9.17) is 0 Å². The minimum atomic E-state index is 0.0314. The van der Waals surface area contributed by atoms with Crippen LogP contribution in [0.2, 0.25) is 0 Å². The van der Waals surface area contributed by atoms with Crippen molar-refractivity contribution in [3.63, 3.8) is 0 Å². The molecule has 0 aromatic heterocycles. The smallest absolute Gasteiger partial charge is 0.234 e. The van der Waals surface area contributed by atoms with Gasteiger partial charge in [-0.15, -0.1) is 0 Å². The molecular weight excluding hydrogens is 262 g/mol. The van der Waals surface area contributed by atoms with E-state index in [1.165, 1.54) is 31.5 Å². The van der Waals surface area contributed by atoms with Crippen LogP contribution in [-0.2, 0) is 17.9 Å². The predicted octanol–water partition coefficient (Wildman–Crippen LogP) is 1.75. The van der Waals surface area contributed by atoms with Crippen LogP contribution in [0.15, 0.2) is 24.3 Å². The average Bonchev–Trinajstić information content (AvgIpc) is 2.47. The van der Waals surface area contributed by atoms with Gasteiger partial charge in [-0.3, -0.25) is 9.69 Å². The van der Waals surface area contributed by atoms with Crippen LogP contribution in [0, 0.1) is 5.92 Å². The molecule has 4 heteroatoms. The largest absolute Gasteiger partial charge is 0.351 e. The van der Waals surface area contributed by atoms with Crippen molar-refractivity contribution in [3.05, 3.63) is 35.4 Å². The fourth-order valence-corrected chi connectivity index (χ4v) is 2.87. The molecule has 0 bridgehead atoms. The number of hydrogen-bond acceptors (Lipinski definition) is 3. The molecule has 0 radical (unpaired) electrons. The molecule has 1 aromatic carbocycles. The second-order valence-electron chi connectivity index (χ2n) is 6.11. The number of likely N-dealkylation sites (tertiary alicyclic amines) is 1. The highest BCUT2D eigenvalue weighted by Crippen LogP contribution is 2.18. The van der Waals surface area contributed by atoms with Gasteiger partial charge in [0.15, 0.2) is 0 Å². The summed E-state index contributed by atoms with van der Waals surface area (Å²) in [6.45, 7) is 6.76. The average molecular weight is 289 g/mol. The standard InChI is InChI=1S/C17H27N3O/c1-14-4-3-9-20(12-14)13-16-7-5-15(6-8-16)10-19-17(21)11-18-2/h5-8,14,18H,3-4,9-13H2,1-2H3,(H,19,21). The van der Waals surface area contributed by atoms with Gasteiger partial charge in [0.1, 0.15) is 0 Å². The molecular formula is C17H27N3O. The Bertz CT molecular complexity index is 444. The van der Waals surface area contributed by atoms with Crippen LogP contribution in [0.25, 0.3) is 0 Å². The molecule has 1 unspecified atom stereocenters. The van der Waals surface area contributed by atoms with E-state index in [0.717, 1.165) is 18.0 Å². The molecule has 116 valence electrons. The molecule has 1 aromatic rings. The van der Waals surface area contributed by atoms with Gasteiger partial charge in [-0.2, -0.15) is 0 Å². The molecule has 0 aliphatic carbocycles. The van der Waals surface area contributed by atoms with E-state index in [2.05, 4.69) is 46.7 Å². The number of carbonyl (C=O) groups is 1. The second kappa shape index (κ2) is 8.15. The first-order valence-electron chi connectivity index (χ1n) is 7.89. The maximum absolute atomic E-state index is 11.4. The molecule has 1 aliphatic heterocycles. The number of rotatable bonds is 6. The van der Waals surface area contributed by atoms with E-state index >= 15 is 0 Å². The van der Waals surface area contributed by atoms with E-state index in [0.29, 0.717) is 13.1 Å². The van der Waals surface area contributed by atoms with Crippen LogP contribution >= 0.6 is 0 Å². The fraction of sp³-hybridized carbons (Fsp3) is 0.588. The summed E-state index contributed by atoms with van der Waals surface area (Å²) >= 11 is 0. The van der Waals surface area contributed by atoms with Crippen molar-refractivity contribution in [3.8, 4) is 0 Å². The number of nitrogens with one attached hydrogen (secondary N) is 2. The van der Waals surface area contributed by atoms with Crippen molar-refractivity contribution in [2.45, 2.75) is 32.9 Å². The Morgan fingerprint density at radius 3 is 2.67 bits per heavy atom. The van der Waals surface area contributed by atoms with Crippen LogP contribution in [0.4, 0.5) is 0 Å². The van der Waals surface area contributed by atoms with E-state index in [1.54, 1.807) is 7.05 Å². The monoisotopic (exact) mass is 289 g/mol. The third kappa shape index (κ3) is 5.48. The molecule has 1 atom stereocenters. The minimum Gasteiger partial charge on any atom is -0.351 e. The summed E-state index contributed by atoms with van der Waals surface area (Å²) < 4.78 is 0. The molecule has 0 spiro atoms.